The number of pyridine rings is 1. The average molecular weight is 298 g/mol. The van der Waals surface area contributed by atoms with Crippen LogP contribution in [0.25, 0.3) is 0 Å². The molecule has 0 aliphatic rings. The van der Waals surface area contributed by atoms with Crippen molar-refractivity contribution in [3.63, 3.8) is 0 Å². The number of rotatable bonds is 3. The van der Waals surface area contributed by atoms with Gasteiger partial charge in [-0.3, -0.25) is 9.29 Å². The van der Waals surface area contributed by atoms with Crippen LogP contribution in [0.4, 0.5) is 11.4 Å². The number of hydrogen-bond acceptors (Lipinski definition) is 4. The molecule has 1 heterocycles. The molecule has 2 aromatic rings. The zero-order valence-electron chi connectivity index (χ0n) is 10.1. The molecule has 1 aromatic carbocycles. The minimum Gasteiger partial charge on any atom is -0.398 e. The number of hydrogen-bond donors (Lipinski definition) is 1. The van der Waals surface area contributed by atoms with Gasteiger partial charge in [0.2, 0.25) is 0 Å². The average Bonchev–Trinajstić information content (AvgIpc) is 2.41. The van der Waals surface area contributed by atoms with Crippen LogP contribution in [-0.2, 0) is 10.0 Å². The molecule has 2 rings (SSSR count). The fourth-order valence-electron chi connectivity index (χ4n) is 1.51. The molecular formula is C12H12ClN3O2S. The second kappa shape index (κ2) is 5.07. The van der Waals surface area contributed by atoms with Crippen molar-refractivity contribution in [1.82, 2.24) is 4.98 Å². The van der Waals surface area contributed by atoms with Crippen LogP contribution in [0, 0.1) is 0 Å². The summed E-state index contributed by atoms with van der Waals surface area (Å²) in [5.74, 6) is 0. The summed E-state index contributed by atoms with van der Waals surface area (Å²) in [5, 5.41) is 0.209. The Kier molecular flexibility index (Phi) is 3.64. The van der Waals surface area contributed by atoms with Crippen LogP contribution < -0.4 is 10.0 Å². The Balaban J connectivity index is 2.45. The SMILES string of the molecule is CN(c1cccnc1)S(=O)(=O)c1ccc(N)c(Cl)c1. The maximum Gasteiger partial charge on any atom is 0.264 e. The van der Waals surface area contributed by atoms with Crippen molar-refractivity contribution in [1.29, 1.82) is 0 Å². The molecule has 5 nitrogen and oxygen atoms in total. The Hall–Kier alpha value is -1.79. The van der Waals surface area contributed by atoms with E-state index < -0.39 is 10.0 Å². The van der Waals surface area contributed by atoms with Crippen molar-refractivity contribution in [2.45, 2.75) is 4.90 Å². The van der Waals surface area contributed by atoms with Crippen LogP contribution in [0.3, 0.4) is 0 Å². The zero-order chi connectivity index (χ0) is 14.0. The lowest BCUT2D eigenvalue weighted by molar-refractivity contribution is 0.594. The van der Waals surface area contributed by atoms with E-state index in [2.05, 4.69) is 4.98 Å². The first-order chi connectivity index (χ1) is 8.93. The van der Waals surface area contributed by atoms with Gasteiger partial charge in [-0.1, -0.05) is 11.6 Å². The number of anilines is 2. The van der Waals surface area contributed by atoms with Crippen LogP contribution >= 0.6 is 11.6 Å². The summed E-state index contributed by atoms with van der Waals surface area (Å²) in [5.41, 5.74) is 6.37. The number of sulfonamides is 1. The van der Waals surface area contributed by atoms with Crippen molar-refractivity contribution in [2.24, 2.45) is 0 Å². The molecule has 0 saturated carbocycles. The summed E-state index contributed by atoms with van der Waals surface area (Å²) in [6.07, 6.45) is 3.04. The quantitative estimate of drug-likeness (QED) is 0.881. The maximum atomic E-state index is 12.4. The summed E-state index contributed by atoms with van der Waals surface area (Å²) in [6.45, 7) is 0. The van der Waals surface area contributed by atoms with E-state index >= 15 is 0 Å². The molecule has 0 bridgehead atoms. The van der Waals surface area contributed by atoms with Crippen molar-refractivity contribution < 1.29 is 8.42 Å². The minimum atomic E-state index is -3.68. The summed E-state index contributed by atoms with van der Waals surface area (Å²) in [4.78, 5) is 3.97. The van der Waals surface area contributed by atoms with E-state index in [1.54, 1.807) is 18.3 Å². The van der Waals surface area contributed by atoms with Gasteiger partial charge in [-0.15, -0.1) is 0 Å². The third kappa shape index (κ3) is 2.64. The Labute approximate surface area is 116 Å². The molecule has 1 aromatic heterocycles. The number of nitrogen functional groups attached to an aromatic ring is 1. The van der Waals surface area contributed by atoms with Crippen LogP contribution in [0.2, 0.25) is 5.02 Å². The van der Waals surface area contributed by atoms with Gasteiger partial charge in [0.05, 0.1) is 27.5 Å². The van der Waals surface area contributed by atoms with Gasteiger partial charge >= 0.3 is 0 Å². The fraction of sp³-hybridized carbons (Fsp3) is 0.0833. The first kappa shape index (κ1) is 13.6. The molecule has 19 heavy (non-hydrogen) atoms. The van der Waals surface area contributed by atoms with Gasteiger partial charge in [-0.05, 0) is 30.3 Å². The van der Waals surface area contributed by atoms with E-state index in [4.69, 9.17) is 17.3 Å². The van der Waals surface area contributed by atoms with Crippen LogP contribution in [-0.4, -0.2) is 20.4 Å². The fourth-order valence-corrected chi connectivity index (χ4v) is 2.96. The number of halogens is 1. The van der Waals surface area contributed by atoms with Gasteiger partial charge in [0, 0.05) is 13.2 Å². The molecule has 0 aliphatic carbocycles. The maximum absolute atomic E-state index is 12.4. The number of aromatic nitrogens is 1. The summed E-state index contributed by atoms with van der Waals surface area (Å²) < 4.78 is 25.9. The minimum absolute atomic E-state index is 0.0815. The highest BCUT2D eigenvalue weighted by Gasteiger charge is 2.22. The van der Waals surface area contributed by atoms with Crippen LogP contribution in [0.1, 0.15) is 0 Å². The topological polar surface area (TPSA) is 76.3 Å². The number of benzene rings is 1. The molecule has 0 unspecified atom stereocenters. The molecule has 0 aliphatic heterocycles. The molecule has 7 heteroatoms. The van der Waals surface area contributed by atoms with Gasteiger partial charge in [0.1, 0.15) is 0 Å². The van der Waals surface area contributed by atoms with E-state index in [1.165, 1.54) is 31.4 Å². The first-order valence-electron chi connectivity index (χ1n) is 5.37. The Bertz CT molecular complexity index is 689. The predicted molar refractivity (Wildman–Crippen MR) is 75.7 cm³/mol. The smallest absolute Gasteiger partial charge is 0.264 e. The standard InChI is InChI=1S/C12H12ClN3O2S/c1-16(9-3-2-6-15-8-9)19(17,18)10-4-5-12(14)11(13)7-10/h2-8H,14H2,1H3. The van der Waals surface area contributed by atoms with Gasteiger partial charge in [-0.25, -0.2) is 8.42 Å². The monoisotopic (exact) mass is 297 g/mol. The van der Waals surface area contributed by atoms with E-state index in [0.29, 0.717) is 11.4 Å². The van der Waals surface area contributed by atoms with Crippen LogP contribution in [0.15, 0.2) is 47.6 Å². The second-order valence-electron chi connectivity index (χ2n) is 3.87. The predicted octanol–water partition coefficient (Wildman–Crippen LogP) is 2.14. The molecule has 0 spiro atoms. The van der Waals surface area contributed by atoms with Gasteiger partial charge < -0.3 is 5.73 Å². The Morgan fingerprint density at radius 2 is 2.05 bits per heavy atom. The lowest BCUT2D eigenvalue weighted by Gasteiger charge is -2.19. The highest BCUT2D eigenvalue weighted by Crippen LogP contribution is 2.26. The van der Waals surface area contributed by atoms with Crippen molar-refractivity contribution in [3.05, 3.63) is 47.7 Å². The summed E-state index contributed by atoms with van der Waals surface area (Å²) >= 11 is 5.85. The molecule has 0 fully saturated rings. The Morgan fingerprint density at radius 3 is 2.63 bits per heavy atom. The lowest BCUT2D eigenvalue weighted by Crippen LogP contribution is -2.26. The zero-order valence-corrected chi connectivity index (χ0v) is 11.7. The Morgan fingerprint density at radius 1 is 1.32 bits per heavy atom. The highest BCUT2D eigenvalue weighted by molar-refractivity contribution is 7.92. The van der Waals surface area contributed by atoms with Crippen LogP contribution in [0.5, 0.6) is 0 Å². The van der Waals surface area contributed by atoms with Gasteiger partial charge in [0.15, 0.2) is 0 Å². The summed E-state index contributed by atoms with van der Waals surface area (Å²) in [6, 6.07) is 7.54. The van der Waals surface area contributed by atoms with Gasteiger partial charge in [-0.2, -0.15) is 0 Å². The third-order valence-electron chi connectivity index (χ3n) is 2.64. The third-order valence-corrected chi connectivity index (χ3v) is 4.75. The second-order valence-corrected chi connectivity index (χ2v) is 6.24. The molecule has 0 saturated heterocycles. The van der Waals surface area contributed by atoms with E-state index in [9.17, 15) is 8.42 Å². The molecule has 0 atom stereocenters. The van der Waals surface area contributed by atoms with E-state index in [0.717, 1.165) is 4.31 Å². The lowest BCUT2D eigenvalue weighted by atomic mass is 10.3. The summed E-state index contributed by atoms with van der Waals surface area (Å²) in [7, 11) is -2.22. The van der Waals surface area contributed by atoms with Crippen molar-refractivity contribution in [3.8, 4) is 0 Å². The largest absolute Gasteiger partial charge is 0.398 e. The van der Waals surface area contributed by atoms with Gasteiger partial charge in [0.25, 0.3) is 10.0 Å². The number of nitrogens with two attached hydrogens (primary N) is 1. The molecular weight excluding hydrogens is 286 g/mol. The molecule has 2 N–H and O–H groups in total. The molecule has 100 valence electrons. The molecule has 0 radical (unpaired) electrons. The van der Waals surface area contributed by atoms with Crippen molar-refractivity contribution in [2.75, 3.05) is 17.1 Å². The first-order valence-corrected chi connectivity index (χ1v) is 7.18. The number of nitrogens with zero attached hydrogens (tertiary/aromatic N) is 2. The van der Waals surface area contributed by atoms with E-state index in [-0.39, 0.29) is 9.92 Å². The highest BCUT2D eigenvalue weighted by atomic mass is 35.5. The van der Waals surface area contributed by atoms with E-state index in [1.807, 2.05) is 0 Å². The molecule has 0 amide bonds. The normalized spacial score (nSPS) is 11.3. The van der Waals surface area contributed by atoms with Crippen molar-refractivity contribution >= 4 is 33.0 Å².